The Morgan fingerprint density at radius 3 is 3.25 bits per heavy atom. The molecule has 0 saturated heterocycles. The highest BCUT2D eigenvalue weighted by Gasteiger charge is 2.27. The van der Waals surface area contributed by atoms with E-state index in [2.05, 4.69) is 15.0 Å². The molecule has 1 aromatic rings. The number of aromatic nitrogens is 1. The van der Waals surface area contributed by atoms with E-state index in [4.69, 9.17) is 5.53 Å². The van der Waals surface area contributed by atoms with Crippen molar-refractivity contribution in [3.8, 4) is 0 Å². The van der Waals surface area contributed by atoms with Crippen molar-refractivity contribution in [3.63, 3.8) is 0 Å². The summed E-state index contributed by atoms with van der Waals surface area (Å²) in [7, 11) is 0. The largest absolute Gasteiger partial charge is 0.249 e. The van der Waals surface area contributed by atoms with Crippen LogP contribution >= 0.6 is 11.3 Å². The fraction of sp³-hybridized carbons (Fsp3) is 0.571. The van der Waals surface area contributed by atoms with E-state index in [-0.39, 0.29) is 0 Å². The van der Waals surface area contributed by atoms with Gasteiger partial charge in [0, 0.05) is 15.7 Å². The van der Waals surface area contributed by atoms with Crippen molar-refractivity contribution < 1.29 is 0 Å². The fourth-order valence-electron chi connectivity index (χ4n) is 1.18. The van der Waals surface area contributed by atoms with Gasteiger partial charge in [0.25, 0.3) is 0 Å². The Kier molecular flexibility index (Phi) is 1.98. The lowest BCUT2D eigenvalue weighted by Gasteiger charge is -1.93. The van der Waals surface area contributed by atoms with Gasteiger partial charge in [-0.3, -0.25) is 0 Å². The van der Waals surface area contributed by atoms with Gasteiger partial charge in [0.1, 0.15) is 0 Å². The summed E-state index contributed by atoms with van der Waals surface area (Å²) in [5, 5.41) is 3.54. The number of rotatable bonds is 3. The monoisotopic (exact) mass is 180 g/mol. The van der Waals surface area contributed by atoms with E-state index >= 15 is 0 Å². The zero-order valence-electron chi connectivity index (χ0n) is 6.47. The molecule has 0 unspecified atom stereocenters. The maximum absolute atomic E-state index is 8.15. The fourth-order valence-corrected chi connectivity index (χ4v) is 1.95. The topological polar surface area (TPSA) is 61.7 Å². The maximum Gasteiger partial charge on any atom is 0.0797 e. The molecule has 0 radical (unpaired) electrons. The summed E-state index contributed by atoms with van der Waals surface area (Å²) in [5.74, 6) is 0.653. The second kappa shape index (κ2) is 3.13. The first-order valence-electron chi connectivity index (χ1n) is 3.85. The first-order valence-corrected chi connectivity index (χ1v) is 4.73. The standard InChI is InChI=1S/C7H8N4S/c8-11-10-3-6-7(5-1-2-5)9-4-12-6/h4-5H,1-3H2. The second-order valence-electron chi connectivity index (χ2n) is 2.82. The summed E-state index contributed by atoms with van der Waals surface area (Å²) >= 11 is 1.58. The van der Waals surface area contributed by atoms with E-state index < -0.39 is 0 Å². The van der Waals surface area contributed by atoms with Gasteiger partial charge in [0.15, 0.2) is 0 Å². The molecule has 1 fully saturated rings. The predicted molar refractivity (Wildman–Crippen MR) is 46.9 cm³/mol. The van der Waals surface area contributed by atoms with Crippen molar-refractivity contribution in [1.29, 1.82) is 0 Å². The second-order valence-corrected chi connectivity index (χ2v) is 3.76. The molecule has 1 heterocycles. The summed E-state index contributed by atoms with van der Waals surface area (Å²) in [6.07, 6.45) is 2.49. The quantitative estimate of drug-likeness (QED) is 0.400. The van der Waals surface area contributed by atoms with E-state index in [1.165, 1.54) is 12.8 Å². The number of azide groups is 1. The average Bonchev–Trinajstić information content (AvgIpc) is 2.83. The molecule has 12 heavy (non-hydrogen) atoms. The van der Waals surface area contributed by atoms with Crippen LogP contribution in [0.15, 0.2) is 10.6 Å². The molecule has 2 rings (SSSR count). The molecule has 0 N–H and O–H groups in total. The molecule has 0 amide bonds. The Morgan fingerprint density at radius 1 is 1.75 bits per heavy atom. The zero-order chi connectivity index (χ0) is 8.39. The molecule has 0 spiro atoms. The van der Waals surface area contributed by atoms with Crippen LogP contribution in [0.1, 0.15) is 29.3 Å². The third kappa shape index (κ3) is 1.42. The molecule has 0 aliphatic heterocycles. The molecule has 1 aliphatic carbocycles. The SMILES string of the molecule is [N-]=[N+]=NCc1scnc1C1CC1. The molecule has 0 bridgehead atoms. The molecule has 0 atom stereocenters. The van der Waals surface area contributed by atoms with Gasteiger partial charge >= 0.3 is 0 Å². The minimum atomic E-state index is 0.465. The normalized spacial score (nSPS) is 15.7. The first kappa shape index (κ1) is 7.58. The van der Waals surface area contributed by atoms with E-state index in [9.17, 15) is 0 Å². The Bertz CT molecular complexity index is 322. The zero-order valence-corrected chi connectivity index (χ0v) is 7.29. The molecular weight excluding hydrogens is 172 g/mol. The van der Waals surface area contributed by atoms with Gasteiger partial charge in [-0.1, -0.05) is 5.11 Å². The molecule has 0 aromatic carbocycles. The van der Waals surface area contributed by atoms with Gasteiger partial charge in [-0.25, -0.2) is 4.98 Å². The van der Waals surface area contributed by atoms with Crippen molar-refractivity contribution in [2.75, 3.05) is 0 Å². The van der Waals surface area contributed by atoms with Crippen molar-refractivity contribution in [2.45, 2.75) is 25.3 Å². The highest BCUT2D eigenvalue weighted by atomic mass is 32.1. The summed E-state index contributed by atoms with van der Waals surface area (Å²) in [5.41, 5.74) is 11.1. The van der Waals surface area contributed by atoms with Crippen LogP contribution in [0, 0.1) is 0 Å². The number of hydrogen-bond donors (Lipinski definition) is 0. The maximum atomic E-state index is 8.15. The summed E-state index contributed by atoms with van der Waals surface area (Å²) in [6.45, 7) is 0.465. The van der Waals surface area contributed by atoms with E-state index in [1.807, 2.05) is 5.51 Å². The minimum Gasteiger partial charge on any atom is -0.249 e. The van der Waals surface area contributed by atoms with Gasteiger partial charge in [-0.2, -0.15) is 0 Å². The van der Waals surface area contributed by atoms with Crippen molar-refractivity contribution >= 4 is 11.3 Å². The summed E-state index contributed by atoms with van der Waals surface area (Å²) < 4.78 is 0. The van der Waals surface area contributed by atoms with Crippen LogP contribution in [0.4, 0.5) is 0 Å². The first-order chi connectivity index (χ1) is 5.92. The van der Waals surface area contributed by atoms with E-state index in [0.29, 0.717) is 12.5 Å². The number of hydrogen-bond acceptors (Lipinski definition) is 3. The van der Waals surface area contributed by atoms with Crippen LogP contribution < -0.4 is 0 Å². The molecule has 1 aromatic heterocycles. The van der Waals surface area contributed by atoms with E-state index in [1.54, 1.807) is 11.3 Å². The highest BCUT2D eigenvalue weighted by Crippen LogP contribution is 2.41. The van der Waals surface area contributed by atoms with Gasteiger partial charge < -0.3 is 0 Å². The highest BCUT2D eigenvalue weighted by molar-refractivity contribution is 7.09. The molecule has 4 nitrogen and oxygen atoms in total. The average molecular weight is 180 g/mol. The van der Waals surface area contributed by atoms with Crippen LogP contribution in [-0.2, 0) is 6.54 Å². The molecular formula is C7H8N4S. The minimum absolute atomic E-state index is 0.465. The van der Waals surface area contributed by atoms with Gasteiger partial charge in [0.2, 0.25) is 0 Å². The summed E-state index contributed by atoms with van der Waals surface area (Å²) in [6, 6.07) is 0. The Morgan fingerprint density at radius 2 is 2.58 bits per heavy atom. The lowest BCUT2D eigenvalue weighted by Crippen LogP contribution is -1.84. The molecule has 1 aliphatic rings. The Hall–Kier alpha value is -1.06. The molecule has 5 heteroatoms. The molecule has 62 valence electrons. The number of nitrogens with zero attached hydrogens (tertiary/aromatic N) is 4. The lowest BCUT2D eigenvalue weighted by atomic mass is 10.2. The van der Waals surface area contributed by atoms with E-state index in [0.717, 1.165) is 10.6 Å². The van der Waals surface area contributed by atoms with Crippen LogP contribution in [0.3, 0.4) is 0 Å². The Labute approximate surface area is 73.9 Å². The van der Waals surface area contributed by atoms with Gasteiger partial charge in [-0.05, 0) is 18.4 Å². The van der Waals surface area contributed by atoms with Crippen molar-refractivity contribution in [2.24, 2.45) is 5.11 Å². The van der Waals surface area contributed by atoms with Crippen molar-refractivity contribution in [3.05, 3.63) is 26.5 Å². The van der Waals surface area contributed by atoms with Crippen LogP contribution in [0.5, 0.6) is 0 Å². The molecule has 1 saturated carbocycles. The van der Waals surface area contributed by atoms with Crippen molar-refractivity contribution in [1.82, 2.24) is 4.98 Å². The summed E-state index contributed by atoms with van der Waals surface area (Å²) in [4.78, 5) is 8.14. The lowest BCUT2D eigenvalue weighted by molar-refractivity contribution is 0.971. The number of thiazole rings is 1. The smallest absolute Gasteiger partial charge is 0.0797 e. The third-order valence-corrected chi connectivity index (χ3v) is 2.75. The third-order valence-electron chi connectivity index (χ3n) is 1.91. The van der Waals surface area contributed by atoms with Gasteiger partial charge in [0.05, 0.1) is 17.7 Å². The van der Waals surface area contributed by atoms with Gasteiger partial charge in [-0.15, -0.1) is 11.3 Å². The Balaban J connectivity index is 2.17. The predicted octanol–water partition coefficient (Wildman–Crippen LogP) is 2.83. The van der Waals surface area contributed by atoms with Crippen LogP contribution in [0.2, 0.25) is 0 Å². The van der Waals surface area contributed by atoms with Crippen LogP contribution in [-0.4, -0.2) is 4.98 Å². The van der Waals surface area contributed by atoms with Crippen LogP contribution in [0.25, 0.3) is 10.4 Å².